The van der Waals surface area contributed by atoms with E-state index >= 15 is 0 Å². The maximum atomic E-state index is 11.6. The average molecular weight is 275 g/mol. The van der Waals surface area contributed by atoms with Gasteiger partial charge in [0.05, 0.1) is 7.11 Å². The maximum Gasteiger partial charge on any atom is 0.159 e. The van der Waals surface area contributed by atoms with E-state index in [2.05, 4.69) is 11.8 Å². The molecule has 0 aromatic heterocycles. The van der Waals surface area contributed by atoms with Crippen molar-refractivity contribution in [1.29, 1.82) is 0 Å². The minimum Gasteiger partial charge on any atom is -0.496 e. The Kier molecular flexibility index (Phi) is 5.18. The first-order chi connectivity index (χ1) is 9.65. The van der Waals surface area contributed by atoms with Gasteiger partial charge in [0.1, 0.15) is 5.75 Å². The molecule has 1 aromatic rings. The Balaban J connectivity index is 2.20. The number of Topliss-reactive ketones (excluding diaryl/α,β-unsaturated/α-hetero) is 1. The van der Waals surface area contributed by atoms with E-state index < -0.39 is 0 Å². The smallest absolute Gasteiger partial charge is 0.159 e. The second kappa shape index (κ2) is 6.89. The Morgan fingerprint density at radius 3 is 2.60 bits per heavy atom. The van der Waals surface area contributed by atoms with E-state index in [4.69, 9.17) is 4.74 Å². The van der Waals surface area contributed by atoms with Crippen molar-refractivity contribution in [3.8, 4) is 5.75 Å². The summed E-state index contributed by atoms with van der Waals surface area (Å²) in [7, 11) is 1.69. The Morgan fingerprint density at radius 2 is 2.05 bits per heavy atom. The molecule has 1 aliphatic rings. The maximum absolute atomic E-state index is 11.6. The molecule has 1 fully saturated rings. The number of methoxy groups -OCH3 is 1. The molecule has 1 aliphatic carbocycles. The first-order valence-corrected chi connectivity index (χ1v) is 7.57. The zero-order chi connectivity index (χ0) is 14.5. The molecule has 0 aliphatic heterocycles. The van der Waals surface area contributed by atoms with Gasteiger partial charge in [-0.15, -0.1) is 0 Å². The van der Waals surface area contributed by atoms with Gasteiger partial charge < -0.3 is 4.74 Å². The SMILES string of the molecule is CCN(Cc1cc(C(C)=O)ccc1OC)C1CCCC1. The van der Waals surface area contributed by atoms with Crippen LogP contribution in [0.5, 0.6) is 5.75 Å². The average Bonchev–Trinajstić information content (AvgIpc) is 2.98. The molecule has 0 heterocycles. The first kappa shape index (κ1) is 15.0. The number of hydrogen-bond acceptors (Lipinski definition) is 3. The molecule has 0 N–H and O–H groups in total. The van der Waals surface area contributed by atoms with Crippen molar-refractivity contribution in [2.45, 2.75) is 52.1 Å². The van der Waals surface area contributed by atoms with Crippen LogP contribution in [0.15, 0.2) is 18.2 Å². The molecule has 0 saturated heterocycles. The van der Waals surface area contributed by atoms with Crippen molar-refractivity contribution >= 4 is 5.78 Å². The number of carbonyl (C=O) groups is 1. The van der Waals surface area contributed by atoms with E-state index in [1.54, 1.807) is 14.0 Å². The summed E-state index contributed by atoms with van der Waals surface area (Å²) in [5, 5.41) is 0. The van der Waals surface area contributed by atoms with Crippen molar-refractivity contribution in [3.63, 3.8) is 0 Å². The van der Waals surface area contributed by atoms with Crippen LogP contribution in [0.3, 0.4) is 0 Å². The number of hydrogen-bond donors (Lipinski definition) is 0. The van der Waals surface area contributed by atoms with Gasteiger partial charge in [-0.1, -0.05) is 19.8 Å². The molecular formula is C17H25NO2. The van der Waals surface area contributed by atoms with Crippen LogP contribution in [0.2, 0.25) is 0 Å². The fraction of sp³-hybridized carbons (Fsp3) is 0.588. The van der Waals surface area contributed by atoms with Crippen LogP contribution in [-0.2, 0) is 6.54 Å². The van der Waals surface area contributed by atoms with Gasteiger partial charge in [-0.3, -0.25) is 9.69 Å². The minimum atomic E-state index is 0.109. The van der Waals surface area contributed by atoms with Crippen LogP contribution in [-0.4, -0.2) is 30.4 Å². The molecule has 3 nitrogen and oxygen atoms in total. The van der Waals surface area contributed by atoms with Gasteiger partial charge in [-0.05, 0) is 44.5 Å². The standard InChI is InChI=1S/C17H25NO2/c1-4-18(16-7-5-6-8-16)12-15-11-14(13(2)19)9-10-17(15)20-3/h9-11,16H,4-8,12H2,1-3H3. The van der Waals surface area contributed by atoms with Gasteiger partial charge in [0.25, 0.3) is 0 Å². The third-order valence-corrected chi connectivity index (χ3v) is 4.31. The second-order valence-corrected chi connectivity index (χ2v) is 5.58. The largest absolute Gasteiger partial charge is 0.496 e. The Bertz CT molecular complexity index is 464. The van der Waals surface area contributed by atoms with E-state index in [1.165, 1.54) is 25.7 Å². The van der Waals surface area contributed by atoms with Crippen molar-refractivity contribution in [2.24, 2.45) is 0 Å². The Labute approximate surface area is 121 Å². The lowest BCUT2D eigenvalue weighted by Crippen LogP contribution is -2.32. The third kappa shape index (κ3) is 3.40. The van der Waals surface area contributed by atoms with Crippen LogP contribution in [0.1, 0.15) is 55.5 Å². The highest BCUT2D eigenvalue weighted by Crippen LogP contribution is 2.28. The van der Waals surface area contributed by atoms with Gasteiger partial charge >= 0.3 is 0 Å². The lowest BCUT2D eigenvalue weighted by molar-refractivity contribution is 0.101. The topological polar surface area (TPSA) is 29.5 Å². The Morgan fingerprint density at radius 1 is 1.35 bits per heavy atom. The fourth-order valence-electron chi connectivity index (χ4n) is 3.11. The molecule has 2 rings (SSSR count). The lowest BCUT2D eigenvalue weighted by Gasteiger charge is -2.28. The number of ketones is 1. The lowest BCUT2D eigenvalue weighted by atomic mass is 10.1. The molecule has 0 spiro atoms. The highest BCUT2D eigenvalue weighted by molar-refractivity contribution is 5.94. The predicted octanol–water partition coefficient (Wildman–Crippen LogP) is 3.66. The third-order valence-electron chi connectivity index (χ3n) is 4.31. The number of benzene rings is 1. The summed E-state index contributed by atoms with van der Waals surface area (Å²) in [6, 6.07) is 6.43. The normalized spacial score (nSPS) is 15.8. The number of carbonyl (C=O) groups excluding carboxylic acids is 1. The van der Waals surface area contributed by atoms with Crippen LogP contribution < -0.4 is 4.74 Å². The second-order valence-electron chi connectivity index (χ2n) is 5.58. The zero-order valence-corrected chi connectivity index (χ0v) is 12.8. The van der Waals surface area contributed by atoms with Crippen molar-refractivity contribution < 1.29 is 9.53 Å². The number of ether oxygens (including phenoxy) is 1. The summed E-state index contributed by atoms with van der Waals surface area (Å²) < 4.78 is 5.45. The molecule has 0 unspecified atom stereocenters. The van der Waals surface area contributed by atoms with Crippen LogP contribution in [0.25, 0.3) is 0 Å². The summed E-state index contributed by atoms with van der Waals surface area (Å²) in [6.07, 6.45) is 5.27. The van der Waals surface area contributed by atoms with E-state index in [1.807, 2.05) is 18.2 Å². The molecule has 0 radical (unpaired) electrons. The quantitative estimate of drug-likeness (QED) is 0.742. The summed E-state index contributed by atoms with van der Waals surface area (Å²) in [6.45, 7) is 5.73. The van der Waals surface area contributed by atoms with Gasteiger partial charge in [0, 0.05) is 23.7 Å². The van der Waals surface area contributed by atoms with Crippen molar-refractivity contribution in [2.75, 3.05) is 13.7 Å². The highest BCUT2D eigenvalue weighted by atomic mass is 16.5. The van der Waals surface area contributed by atoms with Crippen LogP contribution >= 0.6 is 0 Å². The van der Waals surface area contributed by atoms with E-state index in [0.717, 1.165) is 30.0 Å². The van der Waals surface area contributed by atoms with Crippen molar-refractivity contribution in [3.05, 3.63) is 29.3 Å². The summed E-state index contributed by atoms with van der Waals surface area (Å²) in [4.78, 5) is 14.1. The molecular weight excluding hydrogens is 250 g/mol. The van der Waals surface area contributed by atoms with Crippen molar-refractivity contribution in [1.82, 2.24) is 4.90 Å². The molecule has 3 heteroatoms. The number of rotatable bonds is 6. The molecule has 0 bridgehead atoms. The van der Waals surface area contributed by atoms with Gasteiger partial charge in [0.15, 0.2) is 5.78 Å². The molecule has 20 heavy (non-hydrogen) atoms. The first-order valence-electron chi connectivity index (χ1n) is 7.57. The molecule has 0 atom stereocenters. The number of nitrogens with zero attached hydrogens (tertiary/aromatic N) is 1. The van der Waals surface area contributed by atoms with E-state index in [9.17, 15) is 4.79 Å². The van der Waals surface area contributed by atoms with Gasteiger partial charge in [0.2, 0.25) is 0 Å². The molecule has 0 amide bonds. The summed E-state index contributed by atoms with van der Waals surface area (Å²) >= 11 is 0. The fourth-order valence-corrected chi connectivity index (χ4v) is 3.11. The molecule has 1 saturated carbocycles. The molecule has 1 aromatic carbocycles. The summed E-state index contributed by atoms with van der Waals surface area (Å²) in [5.74, 6) is 0.990. The molecule has 110 valence electrons. The van der Waals surface area contributed by atoms with Gasteiger partial charge in [-0.25, -0.2) is 0 Å². The van der Waals surface area contributed by atoms with E-state index in [0.29, 0.717) is 6.04 Å². The summed E-state index contributed by atoms with van der Waals surface area (Å²) in [5.41, 5.74) is 1.89. The highest BCUT2D eigenvalue weighted by Gasteiger charge is 2.22. The van der Waals surface area contributed by atoms with Crippen LogP contribution in [0, 0.1) is 0 Å². The van der Waals surface area contributed by atoms with Gasteiger partial charge in [-0.2, -0.15) is 0 Å². The van der Waals surface area contributed by atoms with E-state index in [-0.39, 0.29) is 5.78 Å². The van der Waals surface area contributed by atoms with Crippen LogP contribution in [0.4, 0.5) is 0 Å². The zero-order valence-electron chi connectivity index (χ0n) is 12.8. The monoisotopic (exact) mass is 275 g/mol. The predicted molar refractivity (Wildman–Crippen MR) is 81.3 cm³/mol. The minimum absolute atomic E-state index is 0.109. The Hall–Kier alpha value is -1.35.